The second-order valence-corrected chi connectivity index (χ2v) is 10.6. The van der Waals surface area contributed by atoms with E-state index in [0.29, 0.717) is 0 Å². The maximum atomic E-state index is 3.53. The Morgan fingerprint density at radius 1 is 0.513 bits per heavy atom. The number of para-hydroxylation sites is 2. The summed E-state index contributed by atoms with van der Waals surface area (Å²) in [7, 11) is 0. The van der Waals surface area contributed by atoms with Crippen molar-refractivity contribution in [3.8, 4) is 11.4 Å². The first-order chi connectivity index (χ1) is 19.4. The van der Waals surface area contributed by atoms with Gasteiger partial charge in [0.2, 0.25) is 0 Å². The van der Waals surface area contributed by atoms with Crippen LogP contribution in [-0.4, -0.2) is 15.7 Å². The zero-order chi connectivity index (χ0) is 25.5. The molecule has 0 spiro atoms. The topological polar surface area (TPSA) is 21.9 Å². The van der Waals surface area contributed by atoms with Crippen LogP contribution in [0.25, 0.3) is 65.8 Å². The van der Waals surface area contributed by atoms with Crippen molar-refractivity contribution in [1.82, 2.24) is 9.13 Å². The van der Waals surface area contributed by atoms with E-state index < -0.39 is 0 Å². The van der Waals surface area contributed by atoms with E-state index in [0.717, 1.165) is 13.0 Å². The van der Waals surface area contributed by atoms with Gasteiger partial charge in [-0.3, -0.25) is 0 Å². The van der Waals surface area contributed by atoms with Gasteiger partial charge in [-0.2, -0.15) is 0 Å². The van der Waals surface area contributed by atoms with E-state index in [1.807, 2.05) is 0 Å². The fourth-order valence-corrected chi connectivity index (χ4v) is 6.86. The second-order valence-electron chi connectivity index (χ2n) is 10.6. The van der Waals surface area contributed by atoms with Crippen LogP contribution in [-0.2, 0) is 6.42 Å². The molecule has 8 aromatic rings. The van der Waals surface area contributed by atoms with Gasteiger partial charge in [-0.25, -0.2) is 0 Å². The van der Waals surface area contributed by atoms with Crippen LogP contribution >= 0.6 is 0 Å². The minimum Gasteiger partial charge on any atom is -0.384 e. The Kier molecular flexibility index (Phi) is 4.17. The molecule has 6 aromatic carbocycles. The zero-order valence-corrected chi connectivity index (χ0v) is 21.4. The highest BCUT2D eigenvalue weighted by atomic mass is 15.0. The molecule has 0 aliphatic carbocycles. The van der Waals surface area contributed by atoms with Gasteiger partial charge in [0.05, 0.1) is 22.1 Å². The van der Waals surface area contributed by atoms with Crippen molar-refractivity contribution >= 4 is 60.1 Å². The Bertz CT molecular complexity index is 2250. The highest BCUT2D eigenvalue weighted by Crippen LogP contribution is 2.43. The molecule has 39 heavy (non-hydrogen) atoms. The number of aromatic nitrogens is 2. The SMILES string of the molecule is c1ccc(-n2c3ccc4ccccc4c3c3ccc4c5ccccc5n(-c5ccc6c(c5)CCN6)c4c32)cc1. The predicted molar refractivity (Wildman–Crippen MR) is 165 cm³/mol. The minimum absolute atomic E-state index is 1.01. The molecule has 3 heterocycles. The Balaban J connectivity index is 1.56. The van der Waals surface area contributed by atoms with Gasteiger partial charge in [0.15, 0.2) is 0 Å². The summed E-state index contributed by atoms with van der Waals surface area (Å²) in [5, 5.41) is 11.2. The first kappa shape index (κ1) is 21.0. The lowest BCUT2D eigenvalue weighted by Gasteiger charge is -2.13. The fraction of sp³-hybridized carbons (Fsp3) is 0.0556. The summed E-state index contributed by atoms with van der Waals surface area (Å²) in [6.07, 6.45) is 1.06. The van der Waals surface area contributed by atoms with Crippen LogP contribution in [0, 0.1) is 0 Å². The highest BCUT2D eigenvalue weighted by molar-refractivity contribution is 6.28. The van der Waals surface area contributed by atoms with Crippen molar-refractivity contribution in [2.75, 3.05) is 11.9 Å². The van der Waals surface area contributed by atoms with Crippen molar-refractivity contribution in [2.24, 2.45) is 0 Å². The van der Waals surface area contributed by atoms with Crippen molar-refractivity contribution < 1.29 is 0 Å². The van der Waals surface area contributed by atoms with E-state index >= 15 is 0 Å². The van der Waals surface area contributed by atoms with E-state index in [9.17, 15) is 0 Å². The fourth-order valence-electron chi connectivity index (χ4n) is 6.86. The van der Waals surface area contributed by atoms with E-state index in [1.54, 1.807) is 0 Å². The zero-order valence-electron chi connectivity index (χ0n) is 21.4. The average Bonchev–Trinajstić information content (AvgIpc) is 3.69. The van der Waals surface area contributed by atoms with Crippen molar-refractivity contribution in [1.29, 1.82) is 0 Å². The van der Waals surface area contributed by atoms with Crippen molar-refractivity contribution in [2.45, 2.75) is 6.42 Å². The standard InChI is InChI=1S/C36H25N3/c1-2-9-25(10-3-1)38-33-19-14-23-8-4-5-11-27(23)34(33)30-17-16-29-28-12-6-7-13-32(28)39(35(29)36(30)38)26-15-18-31-24(22-26)20-21-37-31/h1-19,22,37H,20-21H2. The Labute approximate surface area is 225 Å². The monoisotopic (exact) mass is 499 g/mol. The van der Waals surface area contributed by atoms with Gasteiger partial charge in [0.1, 0.15) is 0 Å². The van der Waals surface area contributed by atoms with E-state index in [-0.39, 0.29) is 0 Å². The highest BCUT2D eigenvalue weighted by Gasteiger charge is 2.22. The molecule has 0 amide bonds. The molecule has 0 unspecified atom stereocenters. The third-order valence-corrected chi connectivity index (χ3v) is 8.52. The van der Waals surface area contributed by atoms with Gasteiger partial charge in [-0.1, -0.05) is 78.9 Å². The molecule has 184 valence electrons. The molecule has 3 heteroatoms. The van der Waals surface area contributed by atoms with Crippen LogP contribution < -0.4 is 5.32 Å². The number of hydrogen-bond acceptors (Lipinski definition) is 1. The molecule has 0 saturated carbocycles. The normalized spacial score (nSPS) is 13.1. The Morgan fingerprint density at radius 3 is 2.18 bits per heavy atom. The van der Waals surface area contributed by atoms with Gasteiger partial charge in [0.25, 0.3) is 0 Å². The second kappa shape index (κ2) is 7.75. The first-order valence-corrected chi connectivity index (χ1v) is 13.7. The van der Waals surface area contributed by atoms with Gasteiger partial charge in [0, 0.05) is 45.2 Å². The largest absolute Gasteiger partial charge is 0.384 e. The third-order valence-electron chi connectivity index (χ3n) is 8.52. The molecule has 2 aromatic heterocycles. The van der Waals surface area contributed by atoms with Crippen LogP contribution in [0.5, 0.6) is 0 Å². The molecular formula is C36H25N3. The molecule has 9 rings (SSSR count). The quantitative estimate of drug-likeness (QED) is 0.252. The van der Waals surface area contributed by atoms with Gasteiger partial charge >= 0.3 is 0 Å². The molecule has 0 atom stereocenters. The van der Waals surface area contributed by atoms with E-state index in [2.05, 4.69) is 136 Å². The van der Waals surface area contributed by atoms with Crippen molar-refractivity contribution in [3.63, 3.8) is 0 Å². The number of nitrogens with zero attached hydrogens (tertiary/aromatic N) is 2. The first-order valence-electron chi connectivity index (χ1n) is 13.7. The van der Waals surface area contributed by atoms with Crippen LogP contribution in [0.1, 0.15) is 5.56 Å². The van der Waals surface area contributed by atoms with E-state index in [4.69, 9.17) is 0 Å². The maximum absolute atomic E-state index is 3.53. The molecule has 0 saturated heterocycles. The summed E-state index contributed by atoms with van der Waals surface area (Å²) in [6.45, 7) is 1.01. The Morgan fingerprint density at radius 2 is 1.26 bits per heavy atom. The van der Waals surface area contributed by atoms with Gasteiger partial charge < -0.3 is 14.5 Å². The number of rotatable bonds is 2. The lowest BCUT2D eigenvalue weighted by Crippen LogP contribution is -1.99. The summed E-state index contributed by atoms with van der Waals surface area (Å²) in [5.41, 5.74) is 10.0. The van der Waals surface area contributed by atoms with Crippen LogP contribution in [0.3, 0.4) is 0 Å². The summed E-state index contributed by atoms with van der Waals surface area (Å²) in [4.78, 5) is 0. The molecule has 0 radical (unpaired) electrons. The van der Waals surface area contributed by atoms with Crippen molar-refractivity contribution in [3.05, 3.63) is 127 Å². The molecule has 1 N–H and O–H groups in total. The Hall–Kier alpha value is -5.02. The summed E-state index contributed by atoms with van der Waals surface area (Å²) in [5.74, 6) is 0. The molecule has 1 aliphatic heterocycles. The smallest absolute Gasteiger partial charge is 0.0789 e. The lowest BCUT2D eigenvalue weighted by molar-refractivity contribution is 1.09. The van der Waals surface area contributed by atoms with E-state index in [1.165, 1.54) is 77.0 Å². The number of benzene rings is 6. The summed E-state index contributed by atoms with van der Waals surface area (Å²) >= 11 is 0. The van der Waals surface area contributed by atoms with Gasteiger partial charge in [-0.15, -0.1) is 0 Å². The third kappa shape index (κ3) is 2.82. The maximum Gasteiger partial charge on any atom is 0.0789 e. The van der Waals surface area contributed by atoms with Crippen LogP contribution in [0.15, 0.2) is 121 Å². The number of nitrogens with one attached hydrogen (secondary N) is 1. The minimum atomic E-state index is 1.01. The van der Waals surface area contributed by atoms with Crippen LogP contribution in [0.2, 0.25) is 0 Å². The molecule has 0 bridgehead atoms. The summed E-state index contributed by atoms with van der Waals surface area (Å²) < 4.78 is 4.97. The number of hydrogen-bond donors (Lipinski definition) is 1. The average molecular weight is 500 g/mol. The lowest BCUT2D eigenvalue weighted by atomic mass is 10.0. The number of fused-ring (bicyclic) bond motifs is 10. The van der Waals surface area contributed by atoms with Gasteiger partial charge in [-0.05, 0) is 65.2 Å². The molecular weight excluding hydrogens is 474 g/mol. The molecule has 1 aliphatic rings. The van der Waals surface area contributed by atoms with Crippen LogP contribution in [0.4, 0.5) is 5.69 Å². The number of anilines is 1. The summed E-state index contributed by atoms with van der Waals surface area (Å²) in [6, 6.07) is 44.5. The molecule has 3 nitrogen and oxygen atoms in total. The predicted octanol–water partition coefficient (Wildman–Crippen LogP) is 9.00. The molecule has 0 fully saturated rings.